The van der Waals surface area contributed by atoms with Gasteiger partial charge in [-0.25, -0.2) is 0 Å². The standard InChI is InChI=1S/C32H40ClN3O3/c1-21-8-11-27(16-29(21)33)36(31(38)24-9-12-28(37)13-10-24)15-5-14-34-17-25-19-35(20-26(25)18-34)32(39)30-22(2)6-4-7-23(30)3/h4,6-8,11,16,24-26H,5,9-10,12-15,17-20H2,1-3H3. The summed E-state index contributed by atoms with van der Waals surface area (Å²) in [5.41, 5.74) is 4.79. The molecule has 6 nitrogen and oxygen atoms in total. The number of amides is 2. The number of halogens is 1. The zero-order chi connectivity index (χ0) is 27.7. The van der Waals surface area contributed by atoms with Gasteiger partial charge in [-0.15, -0.1) is 0 Å². The number of anilines is 1. The van der Waals surface area contributed by atoms with Gasteiger partial charge >= 0.3 is 0 Å². The van der Waals surface area contributed by atoms with Crippen LogP contribution in [0.4, 0.5) is 5.69 Å². The minimum Gasteiger partial charge on any atom is -0.338 e. The Hall–Kier alpha value is -2.70. The zero-order valence-electron chi connectivity index (χ0n) is 23.4. The molecule has 2 unspecified atom stereocenters. The summed E-state index contributed by atoms with van der Waals surface area (Å²) in [4.78, 5) is 45.1. The molecule has 3 fully saturated rings. The van der Waals surface area contributed by atoms with E-state index in [0.717, 1.165) is 67.1 Å². The second kappa shape index (κ2) is 11.8. The number of rotatable bonds is 7. The van der Waals surface area contributed by atoms with Gasteiger partial charge < -0.3 is 14.7 Å². The fourth-order valence-corrected chi connectivity index (χ4v) is 6.90. The predicted molar refractivity (Wildman–Crippen MR) is 155 cm³/mol. The number of fused-ring (bicyclic) bond motifs is 1. The number of benzene rings is 2. The van der Waals surface area contributed by atoms with E-state index in [1.54, 1.807) is 0 Å². The van der Waals surface area contributed by atoms with Crippen LogP contribution in [0.5, 0.6) is 0 Å². The summed E-state index contributed by atoms with van der Waals surface area (Å²) in [7, 11) is 0. The molecule has 0 bridgehead atoms. The van der Waals surface area contributed by atoms with Crippen LogP contribution in [0, 0.1) is 38.5 Å². The first-order valence-electron chi connectivity index (χ1n) is 14.4. The average molecular weight is 550 g/mol. The molecule has 2 amide bonds. The molecule has 2 aromatic rings. The summed E-state index contributed by atoms with van der Waals surface area (Å²) in [6.07, 6.45) is 3.14. The SMILES string of the molecule is Cc1ccc(N(CCCN2CC3CN(C(=O)c4c(C)cccc4C)CC3C2)C(=O)C2CCC(=O)CC2)cc1Cl. The lowest BCUT2D eigenvalue weighted by molar-refractivity contribution is -0.126. The monoisotopic (exact) mass is 549 g/mol. The molecule has 5 rings (SSSR count). The van der Waals surface area contributed by atoms with Crippen LogP contribution < -0.4 is 4.90 Å². The van der Waals surface area contributed by atoms with Crippen LogP contribution in [0.3, 0.4) is 0 Å². The van der Waals surface area contributed by atoms with E-state index < -0.39 is 0 Å². The Morgan fingerprint density at radius 1 is 0.923 bits per heavy atom. The molecule has 3 aliphatic rings. The molecular formula is C32H40ClN3O3. The Bertz CT molecular complexity index is 1220. The van der Waals surface area contributed by atoms with E-state index >= 15 is 0 Å². The van der Waals surface area contributed by atoms with Gasteiger partial charge in [0, 0.05) is 67.8 Å². The van der Waals surface area contributed by atoms with Crippen molar-refractivity contribution in [3.8, 4) is 0 Å². The second-order valence-corrected chi connectivity index (χ2v) is 12.3. The van der Waals surface area contributed by atoms with Crippen molar-refractivity contribution >= 4 is 34.9 Å². The summed E-state index contributed by atoms with van der Waals surface area (Å²) >= 11 is 6.43. The molecule has 208 valence electrons. The Morgan fingerprint density at radius 3 is 2.18 bits per heavy atom. The van der Waals surface area contributed by atoms with Crippen molar-refractivity contribution in [2.75, 3.05) is 44.2 Å². The molecule has 1 aliphatic carbocycles. The van der Waals surface area contributed by atoms with Gasteiger partial charge in [0.15, 0.2) is 0 Å². The molecule has 0 spiro atoms. The van der Waals surface area contributed by atoms with Crippen LogP contribution >= 0.6 is 11.6 Å². The van der Waals surface area contributed by atoms with Crippen molar-refractivity contribution in [2.45, 2.75) is 52.9 Å². The van der Waals surface area contributed by atoms with E-state index in [2.05, 4.69) is 9.80 Å². The van der Waals surface area contributed by atoms with E-state index in [-0.39, 0.29) is 23.5 Å². The summed E-state index contributed by atoms with van der Waals surface area (Å²) in [6, 6.07) is 11.9. The number of hydrogen-bond acceptors (Lipinski definition) is 4. The minimum absolute atomic E-state index is 0.102. The minimum atomic E-state index is -0.102. The fraction of sp³-hybridized carbons (Fsp3) is 0.531. The van der Waals surface area contributed by atoms with Crippen molar-refractivity contribution in [1.82, 2.24) is 9.80 Å². The maximum absolute atomic E-state index is 13.6. The lowest BCUT2D eigenvalue weighted by Gasteiger charge is -2.30. The molecule has 39 heavy (non-hydrogen) atoms. The van der Waals surface area contributed by atoms with Gasteiger partial charge in [-0.2, -0.15) is 0 Å². The first-order valence-corrected chi connectivity index (χ1v) is 14.8. The van der Waals surface area contributed by atoms with Gasteiger partial charge in [-0.05, 0) is 87.2 Å². The summed E-state index contributed by atoms with van der Waals surface area (Å²) in [6.45, 7) is 11.2. The number of ketones is 1. The third kappa shape index (κ3) is 6.07. The highest BCUT2D eigenvalue weighted by molar-refractivity contribution is 6.31. The molecule has 2 aromatic carbocycles. The van der Waals surface area contributed by atoms with Crippen LogP contribution in [-0.2, 0) is 9.59 Å². The molecule has 2 aliphatic heterocycles. The Balaban J connectivity index is 1.17. The molecule has 7 heteroatoms. The van der Waals surface area contributed by atoms with Crippen LogP contribution in [0.1, 0.15) is 59.2 Å². The van der Waals surface area contributed by atoms with Crippen LogP contribution in [0.25, 0.3) is 0 Å². The van der Waals surface area contributed by atoms with Crippen molar-refractivity contribution in [2.24, 2.45) is 17.8 Å². The van der Waals surface area contributed by atoms with E-state index in [4.69, 9.17) is 11.6 Å². The van der Waals surface area contributed by atoms with Crippen molar-refractivity contribution < 1.29 is 14.4 Å². The maximum Gasteiger partial charge on any atom is 0.254 e. The van der Waals surface area contributed by atoms with Gasteiger partial charge in [-0.3, -0.25) is 14.4 Å². The van der Waals surface area contributed by atoms with Crippen molar-refractivity contribution in [1.29, 1.82) is 0 Å². The van der Waals surface area contributed by atoms with E-state index in [1.165, 1.54) is 0 Å². The molecule has 0 aromatic heterocycles. The topological polar surface area (TPSA) is 60.9 Å². The Labute approximate surface area is 237 Å². The predicted octanol–water partition coefficient (Wildman–Crippen LogP) is 5.45. The molecule has 1 saturated carbocycles. The van der Waals surface area contributed by atoms with Gasteiger partial charge in [0.2, 0.25) is 5.91 Å². The highest BCUT2D eigenvalue weighted by atomic mass is 35.5. The number of aryl methyl sites for hydroxylation is 3. The third-order valence-electron chi connectivity index (χ3n) is 9.03. The number of likely N-dealkylation sites (tertiary alicyclic amines) is 2. The average Bonchev–Trinajstić information content (AvgIpc) is 3.47. The summed E-state index contributed by atoms with van der Waals surface area (Å²) < 4.78 is 0. The van der Waals surface area contributed by atoms with Gasteiger partial charge in [0.1, 0.15) is 5.78 Å². The Kier molecular flexibility index (Phi) is 8.43. The number of Topliss-reactive ketones (excluding diaryl/α,β-unsaturated/α-hetero) is 1. The smallest absolute Gasteiger partial charge is 0.254 e. The molecule has 2 saturated heterocycles. The zero-order valence-corrected chi connectivity index (χ0v) is 24.2. The van der Waals surface area contributed by atoms with Crippen LogP contribution in [0.2, 0.25) is 5.02 Å². The van der Waals surface area contributed by atoms with Crippen LogP contribution in [-0.4, -0.2) is 66.7 Å². The molecular weight excluding hydrogens is 510 g/mol. The number of carbonyl (C=O) groups excluding carboxylic acids is 3. The lowest BCUT2D eigenvalue weighted by atomic mass is 9.87. The first-order chi connectivity index (χ1) is 18.7. The first kappa shape index (κ1) is 27.9. The quantitative estimate of drug-likeness (QED) is 0.460. The fourth-order valence-electron chi connectivity index (χ4n) is 6.72. The number of carbonyl (C=O) groups is 3. The largest absolute Gasteiger partial charge is 0.338 e. The normalized spacial score (nSPS) is 21.8. The van der Waals surface area contributed by atoms with Gasteiger partial charge in [0.05, 0.1) is 0 Å². The van der Waals surface area contributed by atoms with E-state index in [9.17, 15) is 14.4 Å². The van der Waals surface area contributed by atoms with Crippen molar-refractivity contribution in [3.05, 3.63) is 63.7 Å². The lowest BCUT2D eigenvalue weighted by Crippen LogP contribution is -2.40. The maximum atomic E-state index is 13.6. The molecule has 0 radical (unpaired) electrons. The highest BCUT2D eigenvalue weighted by Crippen LogP contribution is 2.33. The van der Waals surface area contributed by atoms with Gasteiger partial charge in [0.25, 0.3) is 5.91 Å². The highest BCUT2D eigenvalue weighted by Gasteiger charge is 2.42. The number of nitrogens with zero attached hydrogens (tertiary/aromatic N) is 3. The van der Waals surface area contributed by atoms with Crippen LogP contribution in [0.15, 0.2) is 36.4 Å². The van der Waals surface area contributed by atoms with Crippen molar-refractivity contribution in [3.63, 3.8) is 0 Å². The van der Waals surface area contributed by atoms with E-state index in [0.29, 0.717) is 49.1 Å². The second-order valence-electron chi connectivity index (χ2n) is 11.8. The molecule has 2 atom stereocenters. The number of hydrogen-bond donors (Lipinski definition) is 0. The summed E-state index contributed by atoms with van der Waals surface area (Å²) in [5.74, 6) is 1.45. The molecule has 2 heterocycles. The van der Waals surface area contributed by atoms with E-state index in [1.807, 2.05) is 62.1 Å². The Morgan fingerprint density at radius 2 is 1.56 bits per heavy atom. The van der Waals surface area contributed by atoms with Gasteiger partial charge in [-0.1, -0.05) is 35.9 Å². The molecule has 0 N–H and O–H groups in total. The summed E-state index contributed by atoms with van der Waals surface area (Å²) in [5, 5.41) is 0.663. The third-order valence-corrected chi connectivity index (χ3v) is 9.43.